The number of nitrogens with two attached hydrogens (primary N) is 1. The third-order valence-corrected chi connectivity index (χ3v) is 4.03. The Balaban J connectivity index is 2.38. The van der Waals surface area contributed by atoms with Gasteiger partial charge in [-0.15, -0.1) is 0 Å². The summed E-state index contributed by atoms with van der Waals surface area (Å²) in [5, 5.41) is 0. The Morgan fingerprint density at radius 3 is 2.50 bits per heavy atom. The molecule has 2 heteroatoms. The molecule has 0 unspecified atom stereocenters. The van der Waals surface area contributed by atoms with Crippen LogP contribution in [0.4, 0.5) is 0 Å². The van der Waals surface area contributed by atoms with E-state index in [1.807, 2.05) is 0 Å². The van der Waals surface area contributed by atoms with E-state index in [-0.39, 0.29) is 0 Å². The summed E-state index contributed by atoms with van der Waals surface area (Å²) in [5.41, 5.74) is 8.82. The molecule has 1 nitrogen and oxygen atoms in total. The van der Waals surface area contributed by atoms with E-state index in [1.165, 1.54) is 30.4 Å². The van der Waals surface area contributed by atoms with Crippen LogP contribution in [0.25, 0.3) is 0 Å². The van der Waals surface area contributed by atoms with Crippen LogP contribution in [0.1, 0.15) is 30.4 Å². The SMILES string of the molecule is NCc1ccccc1C1(CS)CCC1. The average Bonchev–Trinajstić information content (AvgIpc) is 2.18. The zero-order valence-electron chi connectivity index (χ0n) is 8.37. The summed E-state index contributed by atoms with van der Waals surface area (Å²) in [6.07, 6.45) is 3.88. The third-order valence-electron chi connectivity index (χ3n) is 3.42. The predicted octanol–water partition coefficient (Wildman–Crippen LogP) is 2.50. The summed E-state index contributed by atoms with van der Waals surface area (Å²) in [7, 11) is 0. The van der Waals surface area contributed by atoms with Gasteiger partial charge in [0.15, 0.2) is 0 Å². The summed E-state index contributed by atoms with van der Waals surface area (Å²) in [6.45, 7) is 0.645. The van der Waals surface area contributed by atoms with Crippen molar-refractivity contribution >= 4 is 12.6 Å². The lowest BCUT2D eigenvalue weighted by atomic mass is 9.64. The first-order valence-corrected chi connectivity index (χ1v) is 5.85. The molecule has 1 aromatic carbocycles. The normalized spacial score (nSPS) is 19.0. The van der Waals surface area contributed by atoms with Crippen molar-refractivity contribution in [3.63, 3.8) is 0 Å². The molecule has 2 N–H and O–H groups in total. The molecule has 1 aliphatic rings. The highest BCUT2D eigenvalue weighted by atomic mass is 32.1. The topological polar surface area (TPSA) is 26.0 Å². The van der Waals surface area contributed by atoms with Crippen LogP contribution in [0.3, 0.4) is 0 Å². The molecule has 1 aliphatic carbocycles. The highest BCUT2D eigenvalue weighted by Gasteiger charge is 2.38. The van der Waals surface area contributed by atoms with E-state index in [0.29, 0.717) is 12.0 Å². The van der Waals surface area contributed by atoms with Gasteiger partial charge in [-0.1, -0.05) is 30.7 Å². The van der Waals surface area contributed by atoms with Gasteiger partial charge in [0.1, 0.15) is 0 Å². The largest absolute Gasteiger partial charge is 0.326 e. The van der Waals surface area contributed by atoms with Gasteiger partial charge in [-0.3, -0.25) is 0 Å². The smallest absolute Gasteiger partial charge is 0.0181 e. The van der Waals surface area contributed by atoms with Crippen molar-refractivity contribution in [3.8, 4) is 0 Å². The molecule has 1 aromatic rings. The monoisotopic (exact) mass is 207 g/mol. The van der Waals surface area contributed by atoms with Gasteiger partial charge >= 0.3 is 0 Å². The molecule has 14 heavy (non-hydrogen) atoms. The predicted molar refractivity (Wildman–Crippen MR) is 63.7 cm³/mol. The van der Waals surface area contributed by atoms with Gasteiger partial charge in [-0.25, -0.2) is 0 Å². The molecular weight excluding hydrogens is 190 g/mol. The van der Waals surface area contributed by atoms with Crippen molar-refractivity contribution in [1.82, 2.24) is 0 Å². The Kier molecular flexibility index (Phi) is 2.84. The molecule has 1 saturated carbocycles. The third kappa shape index (κ3) is 1.47. The second-order valence-corrected chi connectivity index (χ2v) is 4.47. The Labute approximate surface area is 91.1 Å². The summed E-state index contributed by atoms with van der Waals surface area (Å²) < 4.78 is 0. The Hall–Kier alpha value is -0.470. The fraction of sp³-hybridized carbons (Fsp3) is 0.500. The Morgan fingerprint density at radius 2 is 2.00 bits per heavy atom. The van der Waals surface area contributed by atoms with Crippen LogP contribution in [0.2, 0.25) is 0 Å². The van der Waals surface area contributed by atoms with Crippen molar-refractivity contribution in [3.05, 3.63) is 35.4 Å². The molecule has 0 atom stereocenters. The summed E-state index contributed by atoms with van der Waals surface area (Å²) in [6, 6.07) is 8.53. The van der Waals surface area contributed by atoms with Crippen molar-refractivity contribution in [2.45, 2.75) is 31.2 Å². The Bertz CT molecular complexity index is 312. The molecule has 0 amide bonds. The molecule has 0 heterocycles. The Morgan fingerprint density at radius 1 is 1.29 bits per heavy atom. The van der Waals surface area contributed by atoms with Gasteiger partial charge in [0, 0.05) is 12.0 Å². The summed E-state index contributed by atoms with van der Waals surface area (Å²) in [4.78, 5) is 0. The molecule has 0 spiro atoms. The molecule has 0 aliphatic heterocycles. The van der Waals surface area contributed by atoms with Gasteiger partial charge in [-0.2, -0.15) is 12.6 Å². The maximum absolute atomic E-state index is 5.76. The van der Waals surface area contributed by atoms with Crippen molar-refractivity contribution in [2.24, 2.45) is 5.73 Å². The number of hydrogen-bond acceptors (Lipinski definition) is 2. The lowest BCUT2D eigenvalue weighted by Crippen LogP contribution is -2.37. The minimum atomic E-state index is 0.332. The molecule has 76 valence electrons. The van der Waals surface area contributed by atoms with Gasteiger partial charge in [0.25, 0.3) is 0 Å². The number of benzene rings is 1. The summed E-state index contributed by atoms with van der Waals surface area (Å²) >= 11 is 4.49. The maximum atomic E-state index is 5.76. The van der Waals surface area contributed by atoms with Crippen LogP contribution in [0.15, 0.2) is 24.3 Å². The lowest BCUT2D eigenvalue weighted by molar-refractivity contribution is 0.277. The zero-order chi connectivity index (χ0) is 10.0. The highest BCUT2D eigenvalue weighted by molar-refractivity contribution is 7.80. The number of hydrogen-bond donors (Lipinski definition) is 2. The van der Waals surface area contributed by atoms with Gasteiger partial charge in [0.2, 0.25) is 0 Å². The van der Waals surface area contributed by atoms with E-state index in [2.05, 4.69) is 36.9 Å². The molecule has 0 saturated heterocycles. The van der Waals surface area contributed by atoms with Crippen LogP contribution in [0, 0.1) is 0 Å². The van der Waals surface area contributed by atoms with E-state index < -0.39 is 0 Å². The van der Waals surface area contributed by atoms with Crippen LogP contribution in [-0.2, 0) is 12.0 Å². The summed E-state index contributed by atoms with van der Waals surface area (Å²) in [5.74, 6) is 0.948. The second kappa shape index (κ2) is 3.95. The van der Waals surface area contributed by atoms with Crippen molar-refractivity contribution in [2.75, 3.05) is 5.75 Å². The van der Waals surface area contributed by atoms with Crippen LogP contribution < -0.4 is 5.73 Å². The van der Waals surface area contributed by atoms with E-state index in [0.717, 1.165) is 5.75 Å². The quantitative estimate of drug-likeness (QED) is 0.732. The van der Waals surface area contributed by atoms with E-state index in [1.54, 1.807) is 0 Å². The van der Waals surface area contributed by atoms with Crippen LogP contribution in [-0.4, -0.2) is 5.75 Å². The highest BCUT2D eigenvalue weighted by Crippen LogP contribution is 2.45. The number of thiol groups is 1. The van der Waals surface area contributed by atoms with E-state index in [4.69, 9.17) is 5.73 Å². The van der Waals surface area contributed by atoms with Crippen LogP contribution >= 0.6 is 12.6 Å². The second-order valence-electron chi connectivity index (χ2n) is 4.15. The van der Waals surface area contributed by atoms with Gasteiger partial charge in [0.05, 0.1) is 0 Å². The van der Waals surface area contributed by atoms with Crippen molar-refractivity contribution in [1.29, 1.82) is 0 Å². The molecule has 0 radical (unpaired) electrons. The lowest BCUT2D eigenvalue weighted by Gasteiger charge is -2.42. The fourth-order valence-corrected chi connectivity index (χ4v) is 2.82. The first kappa shape index (κ1) is 10.1. The van der Waals surface area contributed by atoms with E-state index in [9.17, 15) is 0 Å². The maximum Gasteiger partial charge on any atom is 0.0181 e. The first-order valence-electron chi connectivity index (χ1n) is 5.22. The van der Waals surface area contributed by atoms with Gasteiger partial charge in [-0.05, 0) is 29.7 Å². The fourth-order valence-electron chi connectivity index (χ4n) is 2.33. The van der Waals surface area contributed by atoms with Crippen LogP contribution in [0.5, 0.6) is 0 Å². The average molecular weight is 207 g/mol. The van der Waals surface area contributed by atoms with Gasteiger partial charge < -0.3 is 5.73 Å². The molecule has 1 fully saturated rings. The first-order chi connectivity index (χ1) is 6.82. The zero-order valence-corrected chi connectivity index (χ0v) is 9.26. The number of rotatable bonds is 3. The minimum absolute atomic E-state index is 0.332. The molecule has 0 bridgehead atoms. The minimum Gasteiger partial charge on any atom is -0.326 e. The van der Waals surface area contributed by atoms with Crippen molar-refractivity contribution < 1.29 is 0 Å². The van der Waals surface area contributed by atoms with E-state index >= 15 is 0 Å². The standard InChI is InChI=1S/C12H17NS/c13-8-10-4-1-2-5-11(10)12(9-14)6-3-7-12/h1-2,4-5,14H,3,6-9,13H2. The molecule has 0 aromatic heterocycles. The molecular formula is C12H17NS. The molecule has 2 rings (SSSR count).